The summed E-state index contributed by atoms with van der Waals surface area (Å²) in [6.07, 6.45) is -1.32. The molecule has 0 saturated carbocycles. The Labute approximate surface area is 143 Å². The van der Waals surface area contributed by atoms with E-state index in [4.69, 9.17) is 0 Å². The van der Waals surface area contributed by atoms with Crippen LogP contribution in [0.2, 0.25) is 0 Å². The molecule has 1 heterocycles. The van der Waals surface area contributed by atoms with Gasteiger partial charge in [-0.15, -0.1) is 0 Å². The summed E-state index contributed by atoms with van der Waals surface area (Å²) in [7, 11) is 0. The van der Waals surface area contributed by atoms with E-state index in [-0.39, 0.29) is 17.5 Å². The molecule has 2 atom stereocenters. The summed E-state index contributed by atoms with van der Waals surface area (Å²) in [5.41, 5.74) is 1.27. The molecule has 3 rings (SSSR count). The van der Waals surface area contributed by atoms with Gasteiger partial charge in [-0.3, -0.25) is 24.6 Å². The van der Waals surface area contributed by atoms with Crippen molar-refractivity contribution in [1.29, 1.82) is 0 Å². The lowest BCUT2D eigenvalue weighted by atomic mass is 9.99. The number of aliphatic hydroxyl groups excluding tert-OH is 1. The van der Waals surface area contributed by atoms with Crippen molar-refractivity contribution in [2.45, 2.75) is 18.6 Å². The maximum Gasteiger partial charge on any atom is 0.261 e. The van der Waals surface area contributed by atoms with Gasteiger partial charge in [0.2, 0.25) is 6.54 Å². The summed E-state index contributed by atoms with van der Waals surface area (Å²) in [5, 5.41) is 21.1. The van der Waals surface area contributed by atoms with Gasteiger partial charge in [-0.1, -0.05) is 42.5 Å². The van der Waals surface area contributed by atoms with Crippen LogP contribution in [-0.4, -0.2) is 45.4 Å². The van der Waals surface area contributed by atoms with E-state index in [1.165, 1.54) is 12.1 Å². The van der Waals surface area contributed by atoms with Crippen LogP contribution in [0, 0.1) is 10.1 Å². The number of amides is 2. The number of carbonyl (C=O) groups excluding carboxylic acids is 2. The van der Waals surface area contributed by atoms with Gasteiger partial charge in [-0.2, -0.15) is 0 Å². The highest BCUT2D eigenvalue weighted by Crippen LogP contribution is 2.27. The highest BCUT2D eigenvalue weighted by atomic mass is 16.6. The lowest BCUT2D eigenvalue weighted by Crippen LogP contribution is -2.50. The molecular formula is C18H16N2O5. The molecule has 25 heavy (non-hydrogen) atoms. The first-order valence-corrected chi connectivity index (χ1v) is 7.79. The first-order chi connectivity index (χ1) is 12.0. The molecule has 0 saturated heterocycles. The van der Waals surface area contributed by atoms with E-state index >= 15 is 0 Å². The van der Waals surface area contributed by atoms with Crippen LogP contribution in [0.4, 0.5) is 0 Å². The second-order valence-electron chi connectivity index (χ2n) is 5.87. The number of hydrogen-bond donors (Lipinski definition) is 1. The first kappa shape index (κ1) is 16.8. The van der Waals surface area contributed by atoms with E-state index in [1.807, 2.05) is 6.07 Å². The molecule has 7 heteroatoms. The van der Waals surface area contributed by atoms with E-state index in [2.05, 4.69) is 0 Å². The Kier molecular flexibility index (Phi) is 4.58. The monoisotopic (exact) mass is 340 g/mol. The summed E-state index contributed by atoms with van der Waals surface area (Å²) in [6, 6.07) is 14.3. The van der Waals surface area contributed by atoms with Gasteiger partial charge in [-0.05, 0) is 24.1 Å². The third kappa shape index (κ3) is 3.27. The molecule has 0 radical (unpaired) electrons. The molecule has 1 aliphatic rings. The zero-order chi connectivity index (χ0) is 18.0. The predicted octanol–water partition coefficient (Wildman–Crippen LogP) is 1.53. The number of nitrogens with zero attached hydrogens (tertiary/aromatic N) is 2. The minimum Gasteiger partial charge on any atom is -0.384 e. The fourth-order valence-electron chi connectivity index (χ4n) is 3.04. The summed E-state index contributed by atoms with van der Waals surface area (Å²) in [5.74, 6) is -1.08. The Balaban J connectivity index is 1.96. The number of benzene rings is 2. The van der Waals surface area contributed by atoms with Crippen molar-refractivity contribution in [3.05, 3.63) is 81.4 Å². The van der Waals surface area contributed by atoms with Crippen LogP contribution in [0.5, 0.6) is 0 Å². The van der Waals surface area contributed by atoms with Crippen LogP contribution in [0.15, 0.2) is 54.6 Å². The quantitative estimate of drug-likeness (QED) is 0.488. The Bertz CT molecular complexity index is 786. The molecule has 0 bridgehead atoms. The van der Waals surface area contributed by atoms with Crippen molar-refractivity contribution in [3.8, 4) is 0 Å². The Morgan fingerprint density at radius 2 is 1.48 bits per heavy atom. The second-order valence-corrected chi connectivity index (χ2v) is 5.87. The smallest absolute Gasteiger partial charge is 0.261 e. The van der Waals surface area contributed by atoms with Crippen LogP contribution >= 0.6 is 0 Å². The Morgan fingerprint density at radius 3 is 2.00 bits per heavy atom. The topological polar surface area (TPSA) is 101 Å². The molecule has 0 aliphatic carbocycles. The molecule has 0 spiro atoms. The molecule has 2 aromatic carbocycles. The summed E-state index contributed by atoms with van der Waals surface area (Å²) in [4.78, 5) is 36.4. The van der Waals surface area contributed by atoms with Gasteiger partial charge in [0.15, 0.2) is 0 Å². The maximum absolute atomic E-state index is 12.7. The minimum absolute atomic E-state index is 0.140. The standard InChI is InChI=1S/C18H16N2O5/c21-16(11-19(24)25)15(10-12-6-2-1-3-7-12)20-17(22)13-8-4-5-9-14(13)18(20)23/h1-9,15-16,21H,10-11H2/t15-,16-/m0/s1. The van der Waals surface area contributed by atoms with E-state index in [9.17, 15) is 24.8 Å². The molecule has 0 unspecified atom stereocenters. The molecule has 0 aromatic heterocycles. The van der Waals surface area contributed by atoms with Crippen molar-refractivity contribution in [2.24, 2.45) is 0 Å². The number of hydrogen-bond acceptors (Lipinski definition) is 5. The van der Waals surface area contributed by atoms with E-state index in [0.717, 1.165) is 10.5 Å². The van der Waals surface area contributed by atoms with Crippen molar-refractivity contribution in [3.63, 3.8) is 0 Å². The van der Waals surface area contributed by atoms with Gasteiger partial charge in [0, 0.05) is 4.92 Å². The van der Waals surface area contributed by atoms with Gasteiger partial charge in [0.05, 0.1) is 17.2 Å². The van der Waals surface area contributed by atoms with Gasteiger partial charge < -0.3 is 5.11 Å². The zero-order valence-corrected chi connectivity index (χ0v) is 13.2. The van der Waals surface area contributed by atoms with Crippen LogP contribution in [0.25, 0.3) is 0 Å². The molecular weight excluding hydrogens is 324 g/mol. The average molecular weight is 340 g/mol. The maximum atomic E-state index is 12.7. The van der Waals surface area contributed by atoms with Crippen molar-refractivity contribution >= 4 is 11.8 Å². The fourth-order valence-corrected chi connectivity index (χ4v) is 3.04. The predicted molar refractivity (Wildman–Crippen MR) is 88.7 cm³/mol. The molecule has 2 aromatic rings. The third-order valence-corrected chi connectivity index (χ3v) is 4.23. The number of aliphatic hydroxyl groups is 1. The molecule has 1 N–H and O–H groups in total. The number of carbonyl (C=O) groups is 2. The fraction of sp³-hybridized carbons (Fsp3) is 0.222. The van der Waals surface area contributed by atoms with Gasteiger partial charge in [-0.25, -0.2) is 0 Å². The van der Waals surface area contributed by atoms with E-state index in [1.54, 1.807) is 36.4 Å². The number of fused-ring (bicyclic) bond motifs is 1. The van der Waals surface area contributed by atoms with E-state index < -0.39 is 35.4 Å². The summed E-state index contributed by atoms with van der Waals surface area (Å²) in [6.45, 7) is -0.745. The molecule has 7 nitrogen and oxygen atoms in total. The molecule has 0 fully saturated rings. The van der Waals surface area contributed by atoms with E-state index in [0.29, 0.717) is 0 Å². The number of rotatable bonds is 6. The second kappa shape index (κ2) is 6.82. The highest BCUT2D eigenvalue weighted by Gasteiger charge is 2.43. The average Bonchev–Trinajstić information content (AvgIpc) is 2.85. The van der Waals surface area contributed by atoms with Gasteiger partial charge in [0.25, 0.3) is 11.8 Å². The lowest BCUT2D eigenvalue weighted by Gasteiger charge is -2.28. The molecule has 2 amide bonds. The highest BCUT2D eigenvalue weighted by molar-refractivity contribution is 6.21. The summed E-state index contributed by atoms with van der Waals surface area (Å²) >= 11 is 0. The third-order valence-electron chi connectivity index (χ3n) is 4.23. The summed E-state index contributed by atoms with van der Waals surface area (Å²) < 4.78 is 0. The van der Waals surface area contributed by atoms with Crippen LogP contribution < -0.4 is 0 Å². The number of nitro groups is 1. The normalized spacial score (nSPS) is 15.8. The van der Waals surface area contributed by atoms with Gasteiger partial charge >= 0.3 is 0 Å². The van der Waals surface area contributed by atoms with Crippen molar-refractivity contribution in [2.75, 3.05) is 6.54 Å². The first-order valence-electron chi connectivity index (χ1n) is 7.79. The molecule has 128 valence electrons. The van der Waals surface area contributed by atoms with Crippen LogP contribution in [0.3, 0.4) is 0 Å². The minimum atomic E-state index is -1.46. The van der Waals surface area contributed by atoms with Crippen molar-refractivity contribution in [1.82, 2.24) is 4.90 Å². The largest absolute Gasteiger partial charge is 0.384 e. The Morgan fingerprint density at radius 1 is 0.960 bits per heavy atom. The van der Waals surface area contributed by atoms with Gasteiger partial charge in [0.1, 0.15) is 6.10 Å². The Hall–Kier alpha value is -3.06. The lowest BCUT2D eigenvalue weighted by molar-refractivity contribution is -0.491. The number of imide groups is 1. The van der Waals surface area contributed by atoms with Crippen molar-refractivity contribution < 1.29 is 19.6 Å². The van der Waals surface area contributed by atoms with Crippen LogP contribution in [0.1, 0.15) is 26.3 Å². The zero-order valence-electron chi connectivity index (χ0n) is 13.2. The molecule has 1 aliphatic heterocycles. The van der Waals surface area contributed by atoms with Crippen LogP contribution in [-0.2, 0) is 6.42 Å². The SMILES string of the molecule is O=C1c2ccccc2C(=O)N1[C@@H](Cc1ccccc1)[C@@H](O)C[N+](=O)[O-].